The molecule has 1 amide bonds. The number of methoxy groups -OCH3 is 2. The molecule has 0 aliphatic carbocycles. The molecular formula is C23H23N3O5S. The SMILES string of the molecule is COc1ccc(C=NNC(=O)c2ccc(N(C)S(=O)(=O)c3ccccc3)cc2)c(OC)c1. The van der Waals surface area contributed by atoms with Crippen LogP contribution in [0.3, 0.4) is 0 Å². The standard InChI is InChI=1S/C23H23N3O5S/c1-26(32(28,29)21-7-5-4-6-8-21)19-12-9-17(10-13-19)23(27)25-24-16-18-11-14-20(30-2)15-22(18)31-3/h4-16H,1-3H3,(H,25,27). The van der Waals surface area contributed by atoms with Crippen molar-refractivity contribution in [2.24, 2.45) is 5.10 Å². The second kappa shape index (κ2) is 9.97. The Bertz CT molecular complexity index is 1210. The average Bonchev–Trinajstić information content (AvgIpc) is 2.84. The highest BCUT2D eigenvalue weighted by Gasteiger charge is 2.21. The van der Waals surface area contributed by atoms with Crippen LogP contribution in [0.1, 0.15) is 15.9 Å². The molecule has 0 saturated carbocycles. The van der Waals surface area contributed by atoms with Crippen molar-refractivity contribution in [3.05, 3.63) is 83.9 Å². The van der Waals surface area contributed by atoms with Crippen LogP contribution in [0.2, 0.25) is 0 Å². The van der Waals surface area contributed by atoms with Gasteiger partial charge >= 0.3 is 0 Å². The summed E-state index contributed by atoms with van der Waals surface area (Å²) in [6, 6.07) is 19.5. The van der Waals surface area contributed by atoms with Crippen molar-refractivity contribution in [3.63, 3.8) is 0 Å². The molecule has 1 N–H and O–H groups in total. The molecule has 0 heterocycles. The molecule has 0 aliphatic heterocycles. The number of ether oxygens (including phenoxy) is 2. The summed E-state index contributed by atoms with van der Waals surface area (Å²) in [6.07, 6.45) is 1.46. The highest BCUT2D eigenvalue weighted by atomic mass is 32.2. The molecule has 9 heteroatoms. The number of hydrogen-bond acceptors (Lipinski definition) is 6. The Morgan fingerprint density at radius 1 is 0.969 bits per heavy atom. The number of benzene rings is 3. The lowest BCUT2D eigenvalue weighted by molar-refractivity contribution is 0.0955. The van der Waals surface area contributed by atoms with Crippen LogP contribution in [0.5, 0.6) is 11.5 Å². The lowest BCUT2D eigenvalue weighted by atomic mass is 10.2. The smallest absolute Gasteiger partial charge is 0.271 e. The molecule has 0 aliphatic rings. The van der Waals surface area contributed by atoms with Gasteiger partial charge in [0.25, 0.3) is 15.9 Å². The third-order valence-corrected chi connectivity index (χ3v) is 6.50. The molecule has 0 fully saturated rings. The van der Waals surface area contributed by atoms with E-state index >= 15 is 0 Å². The molecule has 0 spiro atoms. The monoisotopic (exact) mass is 453 g/mol. The van der Waals surface area contributed by atoms with Gasteiger partial charge in [-0.15, -0.1) is 0 Å². The van der Waals surface area contributed by atoms with Crippen molar-refractivity contribution in [2.45, 2.75) is 4.90 Å². The molecule has 3 rings (SSSR count). The summed E-state index contributed by atoms with van der Waals surface area (Å²) in [4.78, 5) is 12.6. The Morgan fingerprint density at radius 2 is 1.66 bits per heavy atom. The number of anilines is 1. The van der Waals surface area contributed by atoms with Gasteiger partial charge in [-0.2, -0.15) is 5.10 Å². The number of amides is 1. The van der Waals surface area contributed by atoms with E-state index in [1.165, 1.54) is 44.6 Å². The first kappa shape index (κ1) is 22.8. The zero-order valence-corrected chi connectivity index (χ0v) is 18.7. The fourth-order valence-electron chi connectivity index (χ4n) is 2.86. The highest BCUT2D eigenvalue weighted by Crippen LogP contribution is 2.24. The molecule has 3 aromatic carbocycles. The maximum absolute atomic E-state index is 12.7. The van der Waals surface area contributed by atoms with Gasteiger partial charge in [0.05, 0.1) is 31.0 Å². The summed E-state index contributed by atoms with van der Waals surface area (Å²) >= 11 is 0. The second-order valence-electron chi connectivity index (χ2n) is 6.64. The van der Waals surface area contributed by atoms with Crippen molar-refractivity contribution < 1.29 is 22.7 Å². The zero-order valence-electron chi connectivity index (χ0n) is 17.8. The maximum atomic E-state index is 12.7. The number of carbonyl (C=O) groups is 1. The van der Waals surface area contributed by atoms with Crippen LogP contribution in [-0.2, 0) is 10.0 Å². The summed E-state index contributed by atoms with van der Waals surface area (Å²) in [5.74, 6) is 0.755. The minimum absolute atomic E-state index is 0.188. The summed E-state index contributed by atoms with van der Waals surface area (Å²) in [6.45, 7) is 0. The number of sulfonamides is 1. The fourth-order valence-corrected chi connectivity index (χ4v) is 4.08. The molecule has 0 unspecified atom stereocenters. The van der Waals surface area contributed by atoms with E-state index in [-0.39, 0.29) is 4.90 Å². The van der Waals surface area contributed by atoms with Crippen LogP contribution in [0.15, 0.2) is 82.8 Å². The molecule has 0 saturated heterocycles. The first-order chi connectivity index (χ1) is 15.4. The number of nitrogens with one attached hydrogen (secondary N) is 1. The van der Waals surface area contributed by atoms with Gasteiger partial charge in [-0.05, 0) is 48.5 Å². The average molecular weight is 454 g/mol. The topological polar surface area (TPSA) is 97.3 Å². The van der Waals surface area contributed by atoms with E-state index in [1.54, 1.807) is 55.6 Å². The summed E-state index contributed by atoms with van der Waals surface area (Å²) in [7, 11) is 0.856. The van der Waals surface area contributed by atoms with Crippen molar-refractivity contribution in [1.82, 2.24) is 5.43 Å². The molecule has 32 heavy (non-hydrogen) atoms. The van der Waals surface area contributed by atoms with E-state index < -0.39 is 15.9 Å². The van der Waals surface area contributed by atoms with Gasteiger partial charge in [-0.3, -0.25) is 9.10 Å². The molecule has 0 aromatic heterocycles. The number of hydrogen-bond donors (Lipinski definition) is 1. The van der Waals surface area contributed by atoms with Gasteiger partial charge in [-0.1, -0.05) is 18.2 Å². The van der Waals surface area contributed by atoms with Crippen molar-refractivity contribution in [1.29, 1.82) is 0 Å². The quantitative estimate of drug-likeness (QED) is 0.417. The van der Waals surface area contributed by atoms with Gasteiger partial charge in [0.15, 0.2) is 0 Å². The van der Waals surface area contributed by atoms with E-state index in [2.05, 4.69) is 10.5 Å². The maximum Gasteiger partial charge on any atom is 0.271 e. The Kier molecular flexibility index (Phi) is 7.11. The Balaban J connectivity index is 1.68. The van der Waals surface area contributed by atoms with Crippen LogP contribution in [0, 0.1) is 0 Å². The van der Waals surface area contributed by atoms with E-state index in [4.69, 9.17) is 9.47 Å². The molecule has 3 aromatic rings. The lowest BCUT2D eigenvalue weighted by Crippen LogP contribution is -2.26. The predicted molar refractivity (Wildman–Crippen MR) is 123 cm³/mol. The number of carbonyl (C=O) groups excluding carboxylic acids is 1. The fraction of sp³-hybridized carbons (Fsp3) is 0.130. The van der Waals surface area contributed by atoms with Crippen LogP contribution >= 0.6 is 0 Å². The predicted octanol–water partition coefficient (Wildman–Crippen LogP) is 3.29. The van der Waals surface area contributed by atoms with E-state index in [9.17, 15) is 13.2 Å². The van der Waals surface area contributed by atoms with Gasteiger partial charge in [0, 0.05) is 24.2 Å². The normalized spacial score (nSPS) is 11.2. The Morgan fingerprint density at radius 3 is 2.28 bits per heavy atom. The molecule has 0 bridgehead atoms. The first-order valence-corrected chi connectivity index (χ1v) is 11.0. The van der Waals surface area contributed by atoms with Crippen molar-refractivity contribution >= 4 is 27.8 Å². The molecular weight excluding hydrogens is 430 g/mol. The summed E-state index contributed by atoms with van der Waals surface area (Å²) in [5.41, 5.74) is 3.87. The first-order valence-electron chi connectivity index (χ1n) is 9.56. The molecule has 0 radical (unpaired) electrons. The summed E-state index contributed by atoms with van der Waals surface area (Å²) < 4.78 is 37.1. The molecule has 0 atom stereocenters. The molecule has 166 valence electrons. The van der Waals surface area contributed by atoms with Gasteiger partial charge in [-0.25, -0.2) is 13.8 Å². The number of nitrogens with zero attached hydrogens (tertiary/aromatic N) is 2. The minimum Gasteiger partial charge on any atom is -0.497 e. The van der Waals surface area contributed by atoms with Crippen LogP contribution in [0.4, 0.5) is 5.69 Å². The van der Waals surface area contributed by atoms with Crippen molar-refractivity contribution in [2.75, 3.05) is 25.6 Å². The van der Waals surface area contributed by atoms with Crippen LogP contribution < -0.4 is 19.2 Å². The Labute approximate surface area is 187 Å². The van der Waals surface area contributed by atoms with E-state index in [1.807, 2.05) is 0 Å². The number of hydrazone groups is 1. The minimum atomic E-state index is -3.69. The lowest BCUT2D eigenvalue weighted by Gasteiger charge is -2.19. The third kappa shape index (κ3) is 5.06. The molecule has 8 nitrogen and oxygen atoms in total. The van der Waals surface area contributed by atoms with E-state index in [0.29, 0.717) is 28.3 Å². The second-order valence-corrected chi connectivity index (χ2v) is 8.61. The van der Waals surface area contributed by atoms with Gasteiger partial charge in [0.2, 0.25) is 0 Å². The van der Waals surface area contributed by atoms with Crippen molar-refractivity contribution in [3.8, 4) is 11.5 Å². The third-order valence-electron chi connectivity index (χ3n) is 4.71. The number of rotatable bonds is 8. The van der Waals surface area contributed by atoms with Gasteiger partial charge < -0.3 is 9.47 Å². The highest BCUT2D eigenvalue weighted by molar-refractivity contribution is 7.92. The van der Waals surface area contributed by atoms with Crippen LogP contribution in [0.25, 0.3) is 0 Å². The largest absolute Gasteiger partial charge is 0.497 e. The zero-order chi connectivity index (χ0) is 23.1. The summed E-state index contributed by atoms with van der Waals surface area (Å²) in [5, 5.41) is 3.97. The Hall–Kier alpha value is -3.85. The van der Waals surface area contributed by atoms with Gasteiger partial charge in [0.1, 0.15) is 11.5 Å². The van der Waals surface area contributed by atoms with Crippen LogP contribution in [-0.4, -0.2) is 41.8 Å². The van der Waals surface area contributed by atoms with E-state index in [0.717, 1.165) is 4.31 Å².